The molecule has 1 aliphatic heterocycles. The highest BCUT2D eigenvalue weighted by molar-refractivity contribution is 6.01. The summed E-state index contributed by atoms with van der Waals surface area (Å²) >= 11 is 0. The van der Waals surface area contributed by atoms with E-state index in [2.05, 4.69) is 16.0 Å². The zero-order valence-corrected chi connectivity index (χ0v) is 17.0. The summed E-state index contributed by atoms with van der Waals surface area (Å²) in [5, 5.41) is 10.6. The Hall–Kier alpha value is -3.35. The molecule has 3 N–H and O–H groups in total. The van der Waals surface area contributed by atoms with Gasteiger partial charge >= 0.3 is 12.0 Å². The number of urea groups is 1. The van der Waals surface area contributed by atoms with Crippen molar-refractivity contribution in [2.24, 2.45) is 5.92 Å². The van der Waals surface area contributed by atoms with Gasteiger partial charge in [-0.3, -0.25) is 4.79 Å². The van der Waals surface area contributed by atoms with Crippen molar-refractivity contribution in [2.45, 2.75) is 32.2 Å². The maximum absolute atomic E-state index is 12.7. The number of carbonyl (C=O) groups is 3. The van der Waals surface area contributed by atoms with Gasteiger partial charge in [0, 0.05) is 23.9 Å². The molecule has 7 heteroatoms. The molecule has 3 amide bonds. The van der Waals surface area contributed by atoms with Crippen LogP contribution in [0.1, 0.15) is 26.2 Å². The number of hydrogen-bond acceptors (Lipinski definition) is 4. The second-order valence-corrected chi connectivity index (χ2v) is 7.21. The Morgan fingerprint density at radius 2 is 2.03 bits per heavy atom. The lowest BCUT2D eigenvalue weighted by Gasteiger charge is -2.25. The normalized spacial score (nSPS) is 17.4. The Balaban J connectivity index is 1.71. The van der Waals surface area contributed by atoms with E-state index in [9.17, 15) is 14.4 Å². The van der Waals surface area contributed by atoms with Crippen molar-refractivity contribution < 1.29 is 19.1 Å². The highest BCUT2D eigenvalue weighted by Gasteiger charge is 2.25. The fourth-order valence-electron chi connectivity index (χ4n) is 3.60. The lowest BCUT2D eigenvalue weighted by atomic mass is 9.91. The number of anilines is 1. The first-order chi connectivity index (χ1) is 14.6. The van der Waals surface area contributed by atoms with E-state index in [4.69, 9.17) is 4.74 Å². The van der Waals surface area contributed by atoms with E-state index in [1.807, 2.05) is 42.5 Å². The molecule has 0 bridgehead atoms. The smallest absolute Gasteiger partial charge is 0.330 e. The van der Waals surface area contributed by atoms with Gasteiger partial charge in [-0.1, -0.05) is 42.5 Å². The van der Waals surface area contributed by atoms with Crippen LogP contribution in [0.2, 0.25) is 0 Å². The second-order valence-electron chi connectivity index (χ2n) is 7.21. The predicted molar refractivity (Wildman–Crippen MR) is 116 cm³/mol. The van der Waals surface area contributed by atoms with Crippen molar-refractivity contribution in [3.8, 4) is 0 Å². The van der Waals surface area contributed by atoms with Crippen LogP contribution < -0.4 is 16.0 Å². The summed E-state index contributed by atoms with van der Waals surface area (Å²) in [5.41, 5.74) is 0.689. The second kappa shape index (κ2) is 10.4. The van der Waals surface area contributed by atoms with Crippen molar-refractivity contribution in [1.82, 2.24) is 10.6 Å². The Bertz CT molecular complexity index is 936. The van der Waals surface area contributed by atoms with Gasteiger partial charge in [0.1, 0.15) is 0 Å². The third-order valence-electron chi connectivity index (χ3n) is 5.04. The van der Waals surface area contributed by atoms with E-state index >= 15 is 0 Å². The maximum Gasteiger partial charge on any atom is 0.330 e. The fraction of sp³-hybridized carbons (Fsp3) is 0.348. The molecule has 7 nitrogen and oxygen atoms in total. The van der Waals surface area contributed by atoms with Crippen molar-refractivity contribution in [3.63, 3.8) is 0 Å². The van der Waals surface area contributed by atoms with Gasteiger partial charge < -0.3 is 20.7 Å². The van der Waals surface area contributed by atoms with Gasteiger partial charge in [0.25, 0.3) is 0 Å². The molecular formula is C23H27N3O4. The standard InChI is InChI=1S/C23H27N3O4/c1-2-30-21(27)13-12-18(15-17-9-6-14-24-22(17)28)25-23(29)26-20-11-5-8-16-7-3-4-10-19(16)20/h3-5,7-8,10-13,17-18H,2,6,9,14-15H2,1H3,(H,24,28)(H2,25,26,29)/b13-12+. The zero-order chi connectivity index (χ0) is 21.3. The van der Waals surface area contributed by atoms with E-state index in [1.54, 1.807) is 13.0 Å². The molecule has 30 heavy (non-hydrogen) atoms. The van der Waals surface area contributed by atoms with Crippen molar-refractivity contribution in [1.29, 1.82) is 0 Å². The number of nitrogens with one attached hydrogen (secondary N) is 3. The van der Waals surface area contributed by atoms with E-state index < -0.39 is 18.0 Å². The number of ether oxygens (including phenoxy) is 1. The van der Waals surface area contributed by atoms with Gasteiger partial charge in [-0.25, -0.2) is 9.59 Å². The number of rotatable bonds is 7. The van der Waals surface area contributed by atoms with E-state index in [0.29, 0.717) is 18.7 Å². The molecule has 1 saturated heterocycles. The third kappa shape index (κ3) is 5.83. The maximum atomic E-state index is 12.7. The van der Waals surface area contributed by atoms with Crippen molar-refractivity contribution in [3.05, 3.63) is 54.6 Å². The molecule has 0 aliphatic carbocycles. The quantitative estimate of drug-likeness (QED) is 0.483. The number of piperidine rings is 1. The number of carbonyl (C=O) groups excluding carboxylic acids is 3. The molecular weight excluding hydrogens is 382 g/mol. The van der Waals surface area contributed by atoms with Crippen molar-refractivity contribution >= 4 is 34.4 Å². The first-order valence-corrected chi connectivity index (χ1v) is 10.2. The summed E-state index contributed by atoms with van der Waals surface area (Å²) in [5.74, 6) is -0.715. The van der Waals surface area contributed by atoms with E-state index in [1.165, 1.54) is 6.08 Å². The molecule has 0 spiro atoms. The fourth-order valence-corrected chi connectivity index (χ4v) is 3.60. The van der Waals surface area contributed by atoms with Crippen LogP contribution in [0.3, 0.4) is 0 Å². The molecule has 0 radical (unpaired) electrons. The summed E-state index contributed by atoms with van der Waals surface area (Å²) in [4.78, 5) is 36.5. The highest BCUT2D eigenvalue weighted by atomic mass is 16.5. The summed E-state index contributed by atoms with van der Waals surface area (Å²) in [6.45, 7) is 2.67. The van der Waals surface area contributed by atoms with Crippen LogP contribution in [0, 0.1) is 5.92 Å². The number of benzene rings is 2. The van der Waals surface area contributed by atoms with Crippen LogP contribution in [-0.4, -0.2) is 37.1 Å². The molecule has 2 aromatic rings. The van der Waals surface area contributed by atoms with Gasteiger partial charge in [-0.05, 0) is 37.6 Å². The lowest BCUT2D eigenvalue weighted by molar-refractivity contribution is -0.137. The molecule has 0 saturated carbocycles. The van der Waals surface area contributed by atoms with Gasteiger partial charge in [-0.2, -0.15) is 0 Å². The summed E-state index contributed by atoms with van der Waals surface area (Å²) in [7, 11) is 0. The third-order valence-corrected chi connectivity index (χ3v) is 5.04. The van der Waals surface area contributed by atoms with E-state index in [-0.39, 0.29) is 18.4 Å². The first-order valence-electron chi connectivity index (χ1n) is 10.2. The summed E-state index contributed by atoms with van der Waals surface area (Å²) in [6, 6.07) is 12.6. The highest BCUT2D eigenvalue weighted by Crippen LogP contribution is 2.23. The molecule has 158 valence electrons. The largest absolute Gasteiger partial charge is 0.463 e. The molecule has 2 aromatic carbocycles. The zero-order valence-electron chi connectivity index (χ0n) is 17.0. The number of esters is 1. The van der Waals surface area contributed by atoms with Gasteiger partial charge in [0.15, 0.2) is 0 Å². The summed E-state index contributed by atoms with van der Waals surface area (Å²) < 4.78 is 4.92. The van der Waals surface area contributed by atoms with Gasteiger partial charge in [-0.15, -0.1) is 0 Å². The van der Waals surface area contributed by atoms with E-state index in [0.717, 1.165) is 23.6 Å². The van der Waals surface area contributed by atoms with Crippen LogP contribution >= 0.6 is 0 Å². The Morgan fingerprint density at radius 1 is 1.23 bits per heavy atom. The monoisotopic (exact) mass is 409 g/mol. The SMILES string of the molecule is CCOC(=O)/C=C/C(CC1CCCNC1=O)NC(=O)Nc1cccc2ccccc12. The molecule has 3 rings (SSSR count). The van der Waals surface area contributed by atoms with Crippen LogP contribution in [0.15, 0.2) is 54.6 Å². The van der Waals surface area contributed by atoms with Crippen LogP contribution in [0.5, 0.6) is 0 Å². The van der Waals surface area contributed by atoms with Gasteiger partial charge in [0.05, 0.1) is 18.3 Å². The average Bonchev–Trinajstić information content (AvgIpc) is 2.74. The Labute approximate surface area is 175 Å². The summed E-state index contributed by atoms with van der Waals surface area (Å²) in [6.07, 6.45) is 4.94. The first kappa shape index (κ1) is 21.4. The Morgan fingerprint density at radius 3 is 2.83 bits per heavy atom. The predicted octanol–water partition coefficient (Wildman–Crippen LogP) is 3.37. The lowest BCUT2D eigenvalue weighted by Crippen LogP contribution is -2.43. The Kier molecular flexibility index (Phi) is 7.43. The van der Waals surface area contributed by atoms with Crippen LogP contribution in [-0.2, 0) is 14.3 Å². The molecule has 1 aliphatic rings. The molecule has 2 atom stereocenters. The molecule has 1 fully saturated rings. The number of hydrogen-bond donors (Lipinski definition) is 3. The van der Waals surface area contributed by atoms with Gasteiger partial charge in [0.2, 0.25) is 5.91 Å². The minimum Gasteiger partial charge on any atom is -0.463 e. The molecule has 0 aromatic heterocycles. The number of amides is 3. The van der Waals surface area contributed by atoms with Crippen LogP contribution in [0.4, 0.5) is 10.5 Å². The van der Waals surface area contributed by atoms with Crippen LogP contribution in [0.25, 0.3) is 10.8 Å². The molecule has 1 heterocycles. The minimum absolute atomic E-state index is 0.0213. The minimum atomic E-state index is -0.488. The number of fused-ring (bicyclic) bond motifs is 1. The topological polar surface area (TPSA) is 96.5 Å². The van der Waals surface area contributed by atoms with Crippen molar-refractivity contribution in [2.75, 3.05) is 18.5 Å². The molecule has 2 unspecified atom stereocenters. The average molecular weight is 409 g/mol.